The molecular formula is C19H16FN7OS. The lowest BCUT2D eigenvalue weighted by atomic mass is 10.2. The molecule has 5 N–H and O–H groups in total. The van der Waals surface area contributed by atoms with Crippen LogP contribution < -0.4 is 21.9 Å². The highest BCUT2D eigenvalue weighted by atomic mass is 32.1. The van der Waals surface area contributed by atoms with Crippen LogP contribution in [0.4, 0.5) is 26.8 Å². The summed E-state index contributed by atoms with van der Waals surface area (Å²) in [5.41, 5.74) is 13.2. The summed E-state index contributed by atoms with van der Waals surface area (Å²) in [5.74, 6) is -0.782. The quantitative estimate of drug-likeness (QED) is 0.372. The number of nitrogens with two attached hydrogens (primary N) is 1. The van der Waals surface area contributed by atoms with Crippen molar-refractivity contribution in [3.63, 3.8) is 0 Å². The first-order valence-corrected chi connectivity index (χ1v) is 9.38. The van der Waals surface area contributed by atoms with Crippen LogP contribution in [0.25, 0.3) is 10.2 Å². The fourth-order valence-electron chi connectivity index (χ4n) is 2.61. The van der Waals surface area contributed by atoms with E-state index >= 15 is 0 Å². The average Bonchev–Trinajstić information content (AvgIpc) is 3.10. The summed E-state index contributed by atoms with van der Waals surface area (Å²) in [7, 11) is 0. The summed E-state index contributed by atoms with van der Waals surface area (Å²) in [4.78, 5) is 24.8. The maximum absolute atomic E-state index is 13.7. The number of nitrogens with zero attached hydrogens (tertiary/aromatic N) is 3. The Bertz CT molecular complexity index is 1210. The summed E-state index contributed by atoms with van der Waals surface area (Å²) in [6, 6.07) is 11.6. The lowest BCUT2D eigenvalue weighted by Gasteiger charge is -2.12. The van der Waals surface area contributed by atoms with Crippen LogP contribution in [0.15, 0.2) is 48.8 Å². The van der Waals surface area contributed by atoms with Crippen molar-refractivity contribution in [2.45, 2.75) is 6.92 Å². The number of hydrogen-bond donors (Lipinski definition) is 4. The maximum Gasteiger partial charge on any atom is 0.272 e. The summed E-state index contributed by atoms with van der Waals surface area (Å²) in [5, 5.41) is 3.69. The van der Waals surface area contributed by atoms with Crippen molar-refractivity contribution in [1.29, 1.82) is 0 Å². The van der Waals surface area contributed by atoms with Gasteiger partial charge in [-0.1, -0.05) is 29.5 Å². The average molecular weight is 409 g/mol. The molecule has 1 amide bonds. The normalized spacial score (nSPS) is 10.7. The smallest absolute Gasteiger partial charge is 0.272 e. The number of rotatable bonds is 5. The molecule has 0 radical (unpaired) electrons. The molecule has 0 fully saturated rings. The van der Waals surface area contributed by atoms with Gasteiger partial charge in [-0.25, -0.2) is 19.3 Å². The molecule has 0 unspecified atom stereocenters. The van der Waals surface area contributed by atoms with Gasteiger partial charge in [-0.3, -0.25) is 15.6 Å². The van der Waals surface area contributed by atoms with Crippen molar-refractivity contribution in [1.82, 2.24) is 20.4 Å². The van der Waals surface area contributed by atoms with Crippen molar-refractivity contribution in [2.24, 2.45) is 0 Å². The van der Waals surface area contributed by atoms with Crippen molar-refractivity contribution < 1.29 is 9.18 Å². The monoisotopic (exact) mass is 409 g/mol. The summed E-state index contributed by atoms with van der Waals surface area (Å²) >= 11 is 1.47. The number of aryl methyl sites for hydroxylation is 1. The Labute approximate surface area is 169 Å². The van der Waals surface area contributed by atoms with E-state index in [1.165, 1.54) is 35.9 Å². The minimum absolute atomic E-state index is 0.101. The van der Waals surface area contributed by atoms with Gasteiger partial charge in [0.2, 0.25) is 0 Å². The number of nitrogen functional groups attached to an aromatic ring is 1. The molecule has 0 atom stereocenters. The lowest BCUT2D eigenvalue weighted by Crippen LogP contribution is -2.31. The van der Waals surface area contributed by atoms with E-state index in [2.05, 4.69) is 31.1 Å². The van der Waals surface area contributed by atoms with Crippen LogP contribution in [0.1, 0.15) is 15.9 Å². The molecule has 146 valence electrons. The number of carbonyl (C=O) groups is 1. The molecule has 8 nitrogen and oxygen atoms in total. The van der Waals surface area contributed by atoms with Gasteiger partial charge in [0.25, 0.3) is 5.91 Å². The third-order valence-corrected chi connectivity index (χ3v) is 5.00. The third-order valence-electron chi connectivity index (χ3n) is 4.07. The topological polar surface area (TPSA) is 118 Å². The van der Waals surface area contributed by atoms with Crippen molar-refractivity contribution in [2.75, 3.05) is 16.5 Å². The van der Waals surface area contributed by atoms with E-state index in [-0.39, 0.29) is 17.1 Å². The molecule has 0 saturated carbocycles. The highest BCUT2D eigenvalue weighted by molar-refractivity contribution is 7.22. The molecule has 4 rings (SSSR count). The first kappa shape index (κ1) is 18.6. The second-order valence-corrected chi connectivity index (χ2v) is 7.19. The van der Waals surface area contributed by atoms with Crippen LogP contribution in [-0.2, 0) is 0 Å². The third kappa shape index (κ3) is 3.92. The Morgan fingerprint density at radius 1 is 1.14 bits per heavy atom. The molecule has 0 saturated heterocycles. The molecule has 29 heavy (non-hydrogen) atoms. The van der Waals surface area contributed by atoms with Gasteiger partial charge in [-0.05, 0) is 36.8 Å². The van der Waals surface area contributed by atoms with E-state index < -0.39 is 11.7 Å². The predicted molar refractivity (Wildman–Crippen MR) is 112 cm³/mol. The molecule has 4 aromatic rings. The molecular weight excluding hydrogens is 393 g/mol. The number of nitrogens with one attached hydrogen (secondary N) is 3. The van der Waals surface area contributed by atoms with Gasteiger partial charge in [-0.15, -0.1) is 0 Å². The van der Waals surface area contributed by atoms with Crippen LogP contribution >= 0.6 is 11.3 Å². The Morgan fingerprint density at radius 2 is 1.93 bits per heavy atom. The number of benzene rings is 2. The zero-order valence-corrected chi connectivity index (χ0v) is 16.0. The molecule has 0 bridgehead atoms. The van der Waals surface area contributed by atoms with E-state index in [0.717, 1.165) is 15.8 Å². The number of aromatic nitrogens is 3. The molecule has 2 aromatic carbocycles. The minimum Gasteiger partial charge on any atom is -0.393 e. The van der Waals surface area contributed by atoms with Gasteiger partial charge in [-0.2, -0.15) is 0 Å². The number of hydrazine groups is 1. The van der Waals surface area contributed by atoms with Gasteiger partial charge in [0.1, 0.15) is 17.8 Å². The fraction of sp³-hybridized carbons (Fsp3) is 0.0526. The second-order valence-electron chi connectivity index (χ2n) is 6.16. The van der Waals surface area contributed by atoms with Gasteiger partial charge >= 0.3 is 0 Å². The zero-order valence-electron chi connectivity index (χ0n) is 15.2. The number of carbonyl (C=O) groups excluding carboxylic acids is 1. The highest BCUT2D eigenvalue weighted by Gasteiger charge is 2.14. The van der Waals surface area contributed by atoms with Gasteiger partial charge in [0, 0.05) is 0 Å². The Kier molecular flexibility index (Phi) is 4.92. The number of fused-ring (bicyclic) bond motifs is 1. The van der Waals surface area contributed by atoms with Crippen LogP contribution in [0, 0.1) is 12.7 Å². The largest absolute Gasteiger partial charge is 0.393 e. The van der Waals surface area contributed by atoms with E-state index in [1.807, 2.05) is 25.1 Å². The predicted octanol–water partition coefficient (Wildman–Crippen LogP) is 3.62. The molecule has 0 spiro atoms. The van der Waals surface area contributed by atoms with Gasteiger partial charge in [0.05, 0.1) is 15.8 Å². The van der Waals surface area contributed by atoms with Crippen molar-refractivity contribution in [3.05, 3.63) is 65.7 Å². The minimum atomic E-state index is -0.655. The molecule has 0 aliphatic carbocycles. The Balaban J connectivity index is 1.51. The van der Waals surface area contributed by atoms with Crippen molar-refractivity contribution >= 4 is 49.9 Å². The number of anilines is 4. The first-order valence-electron chi connectivity index (χ1n) is 8.57. The summed E-state index contributed by atoms with van der Waals surface area (Å²) in [6.07, 6.45) is 1.29. The van der Waals surface area contributed by atoms with Crippen molar-refractivity contribution in [3.8, 4) is 0 Å². The maximum atomic E-state index is 13.7. The van der Waals surface area contributed by atoms with Crippen LogP contribution in [0.3, 0.4) is 0 Å². The number of hydrogen-bond acceptors (Lipinski definition) is 8. The summed E-state index contributed by atoms with van der Waals surface area (Å²) in [6.45, 7) is 2.02. The Morgan fingerprint density at radius 3 is 2.76 bits per heavy atom. The van der Waals surface area contributed by atoms with Crippen LogP contribution in [0.2, 0.25) is 0 Å². The Hall–Kier alpha value is -3.79. The van der Waals surface area contributed by atoms with Gasteiger partial charge in [0.15, 0.2) is 16.8 Å². The van der Waals surface area contributed by atoms with E-state index in [1.54, 1.807) is 6.07 Å². The fourth-order valence-corrected chi connectivity index (χ4v) is 3.57. The van der Waals surface area contributed by atoms with Gasteiger partial charge < -0.3 is 11.1 Å². The first-order chi connectivity index (χ1) is 14.0. The SMILES string of the molecule is Cc1ccc2nc(Nc3ncnc(NNC(=O)c4ccccc4F)c3N)sc2c1. The second kappa shape index (κ2) is 7.68. The zero-order chi connectivity index (χ0) is 20.4. The van der Waals surface area contributed by atoms with Crippen LogP contribution in [0.5, 0.6) is 0 Å². The molecule has 2 heterocycles. The summed E-state index contributed by atoms with van der Waals surface area (Å²) < 4.78 is 14.7. The molecule has 2 aromatic heterocycles. The van der Waals surface area contributed by atoms with E-state index in [0.29, 0.717) is 10.9 Å². The highest BCUT2D eigenvalue weighted by Crippen LogP contribution is 2.31. The standard InChI is InChI=1S/C19H16FN7OS/c1-10-6-7-13-14(8-10)29-19(24-13)25-16-15(21)17(23-9-22-16)26-27-18(28)11-4-2-3-5-12(11)20/h2-9H,21H2,1H3,(H,27,28)(H2,22,23,24,25,26). The van der Waals surface area contributed by atoms with E-state index in [4.69, 9.17) is 5.73 Å². The lowest BCUT2D eigenvalue weighted by molar-refractivity contribution is 0.0958. The van der Waals surface area contributed by atoms with Crippen LogP contribution in [-0.4, -0.2) is 20.9 Å². The molecule has 0 aliphatic rings. The van der Waals surface area contributed by atoms with E-state index in [9.17, 15) is 9.18 Å². The number of amides is 1. The molecule has 10 heteroatoms. The molecule has 0 aliphatic heterocycles. The number of halogens is 1. The number of thiazole rings is 1.